The van der Waals surface area contributed by atoms with E-state index in [1.165, 1.54) is 0 Å². The standard InChI is InChI=1S/C10H22N2O2/c1-4-6-8(11)9(14)12-10(3,5-2)7-13/h8,13H,4-7,11H2,1-3H3,(H,12,14). The quantitative estimate of drug-likeness (QED) is 0.583. The second-order valence-electron chi connectivity index (χ2n) is 3.96. The summed E-state index contributed by atoms with van der Waals surface area (Å²) in [6.45, 7) is 5.65. The van der Waals surface area contributed by atoms with Crippen molar-refractivity contribution in [3.8, 4) is 0 Å². The molecule has 0 saturated heterocycles. The van der Waals surface area contributed by atoms with Gasteiger partial charge in [0.1, 0.15) is 0 Å². The van der Waals surface area contributed by atoms with Crippen LogP contribution >= 0.6 is 0 Å². The molecule has 84 valence electrons. The normalized spacial score (nSPS) is 17.2. The molecule has 0 radical (unpaired) electrons. The number of hydrogen-bond acceptors (Lipinski definition) is 3. The molecule has 0 bridgehead atoms. The van der Waals surface area contributed by atoms with Crippen LogP contribution in [0.15, 0.2) is 0 Å². The summed E-state index contributed by atoms with van der Waals surface area (Å²) >= 11 is 0. The number of nitrogens with one attached hydrogen (secondary N) is 1. The Hall–Kier alpha value is -0.610. The Labute approximate surface area is 85.9 Å². The van der Waals surface area contributed by atoms with Gasteiger partial charge in [-0.25, -0.2) is 0 Å². The smallest absolute Gasteiger partial charge is 0.237 e. The molecule has 4 heteroatoms. The van der Waals surface area contributed by atoms with Gasteiger partial charge >= 0.3 is 0 Å². The first-order chi connectivity index (χ1) is 6.49. The second kappa shape index (κ2) is 5.98. The first kappa shape index (κ1) is 13.4. The first-order valence-corrected chi connectivity index (χ1v) is 5.17. The topological polar surface area (TPSA) is 75.4 Å². The van der Waals surface area contributed by atoms with Crippen LogP contribution in [0.4, 0.5) is 0 Å². The Morgan fingerprint density at radius 3 is 2.50 bits per heavy atom. The molecule has 2 unspecified atom stereocenters. The Kier molecular flexibility index (Phi) is 5.72. The minimum absolute atomic E-state index is 0.0614. The lowest BCUT2D eigenvalue weighted by molar-refractivity contribution is -0.124. The van der Waals surface area contributed by atoms with Gasteiger partial charge in [-0.05, 0) is 19.8 Å². The third kappa shape index (κ3) is 4.07. The van der Waals surface area contributed by atoms with Gasteiger partial charge in [-0.15, -0.1) is 0 Å². The van der Waals surface area contributed by atoms with Crippen LogP contribution in [-0.2, 0) is 4.79 Å². The summed E-state index contributed by atoms with van der Waals surface area (Å²) in [5.41, 5.74) is 5.11. The van der Waals surface area contributed by atoms with Gasteiger partial charge in [-0.2, -0.15) is 0 Å². The van der Waals surface area contributed by atoms with Crippen molar-refractivity contribution in [1.82, 2.24) is 5.32 Å². The third-order valence-corrected chi connectivity index (χ3v) is 2.49. The predicted molar refractivity (Wildman–Crippen MR) is 56.8 cm³/mol. The van der Waals surface area contributed by atoms with Crippen LogP contribution in [0.5, 0.6) is 0 Å². The molecule has 4 nitrogen and oxygen atoms in total. The summed E-state index contributed by atoms with van der Waals surface area (Å²) < 4.78 is 0. The molecule has 0 fully saturated rings. The number of carbonyl (C=O) groups is 1. The zero-order valence-electron chi connectivity index (χ0n) is 9.34. The van der Waals surface area contributed by atoms with E-state index in [1.54, 1.807) is 0 Å². The van der Waals surface area contributed by atoms with E-state index >= 15 is 0 Å². The highest BCUT2D eigenvalue weighted by atomic mass is 16.3. The van der Waals surface area contributed by atoms with E-state index < -0.39 is 11.6 Å². The average molecular weight is 202 g/mol. The van der Waals surface area contributed by atoms with E-state index in [9.17, 15) is 4.79 Å². The lowest BCUT2D eigenvalue weighted by Crippen LogP contribution is -2.53. The summed E-state index contributed by atoms with van der Waals surface area (Å²) in [6.07, 6.45) is 2.25. The van der Waals surface area contributed by atoms with Crippen molar-refractivity contribution in [2.75, 3.05) is 6.61 Å². The molecule has 0 aliphatic heterocycles. The maximum atomic E-state index is 11.5. The number of aliphatic hydroxyl groups excluding tert-OH is 1. The van der Waals surface area contributed by atoms with Crippen molar-refractivity contribution >= 4 is 5.91 Å². The van der Waals surface area contributed by atoms with Gasteiger partial charge in [0.2, 0.25) is 5.91 Å². The number of carbonyl (C=O) groups excluding carboxylic acids is 1. The van der Waals surface area contributed by atoms with Crippen LogP contribution in [0.25, 0.3) is 0 Å². The molecule has 0 heterocycles. The fraction of sp³-hybridized carbons (Fsp3) is 0.900. The molecule has 0 saturated carbocycles. The van der Waals surface area contributed by atoms with Crippen LogP contribution in [0.1, 0.15) is 40.0 Å². The van der Waals surface area contributed by atoms with Crippen LogP contribution in [0.3, 0.4) is 0 Å². The minimum atomic E-state index is -0.539. The summed E-state index contributed by atoms with van der Waals surface area (Å²) in [6, 6.07) is -0.461. The van der Waals surface area contributed by atoms with Gasteiger partial charge in [-0.3, -0.25) is 4.79 Å². The van der Waals surface area contributed by atoms with Gasteiger partial charge in [-0.1, -0.05) is 20.3 Å². The zero-order chi connectivity index (χ0) is 11.2. The van der Waals surface area contributed by atoms with E-state index in [0.717, 1.165) is 6.42 Å². The summed E-state index contributed by atoms with van der Waals surface area (Å²) in [4.78, 5) is 11.5. The Bertz CT molecular complexity index is 179. The largest absolute Gasteiger partial charge is 0.394 e. The maximum Gasteiger partial charge on any atom is 0.237 e. The number of hydrogen-bond donors (Lipinski definition) is 3. The van der Waals surface area contributed by atoms with Crippen LogP contribution in [0, 0.1) is 0 Å². The molecule has 0 aromatic rings. The Morgan fingerprint density at radius 2 is 2.14 bits per heavy atom. The Balaban J connectivity index is 4.15. The lowest BCUT2D eigenvalue weighted by Gasteiger charge is -2.28. The molecule has 14 heavy (non-hydrogen) atoms. The van der Waals surface area contributed by atoms with Crippen LogP contribution in [0.2, 0.25) is 0 Å². The molecule has 0 aromatic heterocycles. The van der Waals surface area contributed by atoms with Gasteiger partial charge in [0.15, 0.2) is 0 Å². The molecule has 0 spiro atoms. The number of amides is 1. The predicted octanol–water partition coefficient (Wildman–Crippen LogP) is 0.391. The van der Waals surface area contributed by atoms with E-state index in [0.29, 0.717) is 12.8 Å². The molecule has 1 amide bonds. The van der Waals surface area contributed by atoms with Crippen molar-refractivity contribution in [2.45, 2.75) is 51.6 Å². The summed E-state index contributed by atoms with van der Waals surface area (Å²) in [5.74, 6) is -0.176. The Morgan fingerprint density at radius 1 is 1.57 bits per heavy atom. The third-order valence-electron chi connectivity index (χ3n) is 2.49. The molecular formula is C10H22N2O2. The lowest BCUT2D eigenvalue weighted by atomic mass is 9.99. The zero-order valence-corrected chi connectivity index (χ0v) is 9.34. The molecule has 0 aliphatic rings. The van der Waals surface area contributed by atoms with Crippen molar-refractivity contribution in [3.05, 3.63) is 0 Å². The van der Waals surface area contributed by atoms with Gasteiger partial charge in [0.25, 0.3) is 0 Å². The van der Waals surface area contributed by atoms with Gasteiger partial charge in [0.05, 0.1) is 18.2 Å². The van der Waals surface area contributed by atoms with Gasteiger partial charge in [0, 0.05) is 0 Å². The van der Waals surface area contributed by atoms with Crippen molar-refractivity contribution < 1.29 is 9.90 Å². The van der Waals surface area contributed by atoms with E-state index in [1.807, 2.05) is 20.8 Å². The minimum Gasteiger partial charge on any atom is -0.394 e. The highest BCUT2D eigenvalue weighted by molar-refractivity contribution is 5.82. The molecule has 0 rings (SSSR count). The number of rotatable bonds is 6. The highest BCUT2D eigenvalue weighted by Crippen LogP contribution is 2.08. The van der Waals surface area contributed by atoms with Gasteiger partial charge < -0.3 is 16.2 Å². The average Bonchev–Trinajstić information content (AvgIpc) is 2.18. The van der Waals surface area contributed by atoms with E-state index in [2.05, 4.69) is 5.32 Å². The molecule has 0 aromatic carbocycles. The van der Waals surface area contributed by atoms with E-state index in [-0.39, 0.29) is 12.5 Å². The monoisotopic (exact) mass is 202 g/mol. The van der Waals surface area contributed by atoms with Crippen molar-refractivity contribution in [2.24, 2.45) is 5.73 Å². The van der Waals surface area contributed by atoms with E-state index in [4.69, 9.17) is 10.8 Å². The first-order valence-electron chi connectivity index (χ1n) is 5.17. The SMILES string of the molecule is CCCC(N)C(=O)NC(C)(CC)CO. The number of aliphatic hydroxyl groups is 1. The number of nitrogens with two attached hydrogens (primary N) is 1. The molecular weight excluding hydrogens is 180 g/mol. The fourth-order valence-electron chi connectivity index (χ4n) is 1.07. The summed E-state index contributed by atoms with van der Waals surface area (Å²) in [5, 5.41) is 11.9. The molecule has 0 aliphatic carbocycles. The second-order valence-corrected chi connectivity index (χ2v) is 3.96. The maximum absolute atomic E-state index is 11.5. The van der Waals surface area contributed by atoms with Crippen molar-refractivity contribution in [3.63, 3.8) is 0 Å². The summed E-state index contributed by atoms with van der Waals surface area (Å²) in [7, 11) is 0. The van der Waals surface area contributed by atoms with Crippen molar-refractivity contribution in [1.29, 1.82) is 0 Å². The van der Waals surface area contributed by atoms with Crippen LogP contribution in [-0.4, -0.2) is 29.2 Å². The fourth-order valence-corrected chi connectivity index (χ4v) is 1.07. The van der Waals surface area contributed by atoms with Crippen LogP contribution < -0.4 is 11.1 Å². The molecule has 2 atom stereocenters. The highest BCUT2D eigenvalue weighted by Gasteiger charge is 2.25. The molecule has 4 N–H and O–H groups in total.